The summed E-state index contributed by atoms with van der Waals surface area (Å²) in [7, 11) is 0. The lowest BCUT2D eigenvalue weighted by molar-refractivity contribution is 0.0653. The van der Waals surface area contributed by atoms with Gasteiger partial charge in [-0.1, -0.05) is 0 Å². The first kappa shape index (κ1) is 15.5. The van der Waals surface area contributed by atoms with E-state index in [1.807, 2.05) is 23.4 Å². The number of hydrogen-bond donors (Lipinski definition) is 1. The van der Waals surface area contributed by atoms with Crippen LogP contribution in [0, 0.1) is 19.8 Å². The van der Waals surface area contributed by atoms with Gasteiger partial charge in [0, 0.05) is 38.0 Å². The Morgan fingerprint density at radius 3 is 2.96 bits per heavy atom. The number of nitrogens with zero attached hydrogens (tertiary/aromatic N) is 4. The van der Waals surface area contributed by atoms with Crippen molar-refractivity contribution in [2.45, 2.75) is 33.2 Å². The van der Waals surface area contributed by atoms with Crippen molar-refractivity contribution in [3.05, 3.63) is 45.9 Å². The van der Waals surface area contributed by atoms with Gasteiger partial charge in [-0.05, 0) is 32.6 Å². The van der Waals surface area contributed by atoms with Gasteiger partial charge in [-0.3, -0.25) is 9.59 Å². The predicted octanol–water partition coefficient (Wildman–Crippen LogP) is 1.14. The van der Waals surface area contributed by atoms with Crippen LogP contribution in [0.1, 0.15) is 35.0 Å². The van der Waals surface area contributed by atoms with Crippen molar-refractivity contribution in [2.75, 3.05) is 13.1 Å². The molecule has 3 heterocycles. The number of aromatic nitrogens is 4. The molecule has 0 aliphatic carbocycles. The second-order valence-corrected chi connectivity index (χ2v) is 6.09. The molecule has 0 aromatic carbocycles. The van der Waals surface area contributed by atoms with E-state index in [1.54, 1.807) is 0 Å². The van der Waals surface area contributed by atoms with E-state index in [4.69, 9.17) is 0 Å². The monoisotopic (exact) mass is 315 g/mol. The lowest BCUT2D eigenvalue weighted by Gasteiger charge is -2.32. The maximum atomic E-state index is 12.5. The first-order chi connectivity index (χ1) is 11.0. The molecule has 0 bridgehead atoms. The molecule has 0 saturated carbocycles. The van der Waals surface area contributed by atoms with Gasteiger partial charge in [0.2, 0.25) is 0 Å². The van der Waals surface area contributed by atoms with Crippen LogP contribution in [0.25, 0.3) is 0 Å². The van der Waals surface area contributed by atoms with E-state index in [1.165, 1.54) is 18.3 Å². The number of rotatable bonds is 3. The van der Waals surface area contributed by atoms with E-state index in [9.17, 15) is 9.59 Å². The standard InChI is InChI=1S/C16H21N5O2/c1-11-18-12(2)21(19-11)10-13-4-3-7-20(9-13)16(23)15-8-14(22)5-6-17-15/h5-6,8,13H,3-4,7,9-10H2,1-2H3,(H,17,22). The highest BCUT2D eigenvalue weighted by molar-refractivity contribution is 5.92. The highest BCUT2D eigenvalue weighted by Gasteiger charge is 2.25. The zero-order chi connectivity index (χ0) is 16.4. The number of aryl methyl sites for hydroxylation is 2. The molecule has 0 spiro atoms. The molecule has 23 heavy (non-hydrogen) atoms. The zero-order valence-electron chi connectivity index (χ0n) is 13.5. The summed E-state index contributed by atoms with van der Waals surface area (Å²) in [4.78, 5) is 33.0. The fourth-order valence-electron chi connectivity index (χ4n) is 3.12. The number of likely N-dealkylation sites (tertiary alicyclic amines) is 1. The van der Waals surface area contributed by atoms with Crippen molar-refractivity contribution in [3.63, 3.8) is 0 Å². The number of carbonyl (C=O) groups is 1. The van der Waals surface area contributed by atoms with E-state index in [0.29, 0.717) is 18.2 Å². The average molecular weight is 315 g/mol. The summed E-state index contributed by atoms with van der Waals surface area (Å²) in [5.41, 5.74) is 0.195. The second-order valence-electron chi connectivity index (χ2n) is 6.09. The molecule has 1 atom stereocenters. The minimum Gasteiger partial charge on any atom is -0.357 e. The van der Waals surface area contributed by atoms with Crippen LogP contribution in [0.15, 0.2) is 23.1 Å². The minimum absolute atomic E-state index is 0.112. The smallest absolute Gasteiger partial charge is 0.270 e. The maximum absolute atomic E-state index is 12.5. The number of piperidine rings is 1. The summed E-state index contributed by atoms with van der Waals surface area (Å²) < 4.78 is 1.92. The summed E-state index contributed by atoms with van der Waals surface area (Å²) in [5, 5.41) is 4.40. The van der Waals surface area contributed by atoms with Gasteiger partial charge in [-0.25, -0.2) is 9.67 Å². The van der Waals surface area contributed by atoms with E-state index in [-0.39, 0.29) is 11.3 Å². The summed E-state index contributed by atoms with van der Waals surface area (Å²) >= 11 is 0. The number of amides is 1. The van der Waals surface area contributed by atoms with Crippen LogP contribution < -0.4 is 5.43 Å². The van der Waals surface area contributed by atoms with Crippen LogP contribution in [-0.4, -0.2) is 43.6 Å². The van der Waals surface area contributed by atoms with Gasteiger partial charge in [-0.2, -0.15) is 5.10 Å². The molecule has 122 valence electrons. The first-order valence-electron chi connectivity index (χ1n) is 7.89. The summed E-state index contributed by atoms with van der Waals surface area (Å²) in [6.45, 7) is 5.99. The molecule has 1 aliphatic heterocycles. The van der Waals surface area contributed by atoms with Gasteiger partial charge < -0.3 is 9.88 Å². The molecule has 1 fully saturated rings. The highest BCUT2D eigenvalue weighted by atomic mass is 16.2. The van der Waals surface area contributed by atoms with Gasteiger partial charge in [0.05, 0.1) is 0 Å². The molecule has 2 aromatic heterocycles. The highest BCUT2D eigenvalue weighted by Crippen LogP contribution is 2.20. The van der Waals surface area contributed by atoms with Gasteiger partial charge in [0.15, 0.2) is 5.43 Å². The predicted molar refractivity (Wildman–Crippen MR) is 85.2 cm³/mol. The zero-order valence-corrected chi connectivity index (χ0v) is 13.5. The third kappa shape index (κ3) is 3.49. The Bertz CT molecular complexity index is 764. The van der Waals surface area contributed by atoms with E-state index < -0.39 is 0 Å². The van der Waals surface area contributed by atoms with Crippen LogP contribution in [0.3, 0.4) is 0 Å². The van der Waals surface area contributed by atoms with Gasteiger partial charge in [0.25, 0.3) is 5.91 Å². The molecular weight excluding hydrogens is 294 g/mol. The number of pyridine rings is 1. The molecule has 2 aromatic rings. The number of hydrogen-bond acceptors (Lipinski definition) is 4. The molecule has 1 unspecified atom stereocenters. The van der Waals surface area contributed by atoms with Gasteiger partial charge in [-0.15, -0.1) is 0 Å². The maximum Gasteiger partial charge on any atom is 0.270 e. The summed E-state index contributed by atoms with van der Waals surface area (Å²) in [5.74, 6) is 1.91. The minimum atomic E-state index is -0.158. The number of carbonyl (C=O) groups excluding carboxylic acids is 1. The summed E-state index contributed by atoms with van der Waals surface area (Å²) in [6.07, 6.45) is 3.53. The van der Waals surface area contributed by atoms with E-state index in [0.717, 1.165) is 37.6 Å². The first-order valence-corrected chi connectivity index (χ1v) is 7.89. The van der Waals surface area contributed by atoms with E-state index in [2.05, 4.69) is 15.1 Å². The lowest BCUT2D eigenvalue weighted by atomic mass is 9.97. The molecule has 1 aliphatic rings. The molecule has 0 radical (unpaired) electrons. The normalized spacial score (nSPS) is 18.2. The molecule has 1 saturated heterocycles. The Morgan fingerprint density at radius 1 is 1.43 bits per heavy atom. The Balaban J connectivity index is 1.69. The third-order valence-corrected chi connectivity index (χ3v) is 4.20. The van der Waals surface area contributed by atoms with Crippen LogP contribution in [0.5, 0.6) is 0 Å². The Hall–Kier alpha value is -2.44. The Kier molecular flexibility index (Phi) is 4.27. The third-order valence-electron chi connectivity index (χ3n) is 4.20. The fraction of sp³-hybridized carbons (Fsp3) is 0.500. The van der Waals surface area contributed by atoms with Gasteiger partial charge in [0.1, 0.15) is 17.3 Å². The second kappa shape index (κ2) is 6.36. The van der Waals surface area contributed by atoms with E-state index >= 15 is 0 Å². The SMILES string of the molecule is Cc1nc(C)n(CC2CCCN(C(=O)c3cc(=O)cc[nH]3)C2)n1. The molecule has 1 N–H and O–H groups in total. The van der Waals surface area contributed by atoms with Crippen molar-refractivity contribution in [3.8, 4) is 0 Å². The van der Waals surface area contributed by atoms with Crippen molar-refractivity contribution in [2.24, 2.45) is 5.92 Å². The Morgan fingerprint density at radius 2 is 2.26 bits per heavy atom. The fourth-order valence-corrected chi connectivity index (χ4v) is 3.12. The largest absolute Gasteiger partial charge is 0.357 e. The van der Waals surface area contributed by atoms with Crippen LogP contribution in [0.2, 0.25) is 0 Å². The number of H-pyrrole nitrogens is 1. The topological polar surface area (TPSA) is 83.9 Å². The molecule has 3 rings (SSSR count). The molecular formula is C16H21N5O2. The number of aromatic amines is 1. The Labute approximate surface area is 134 Å². The molecule has 1 amide bonds. The van der Waals surface area contributed by atoms with Crippen molar-refractivity contribution < 1.29 is 4.79 Å². The van der Waals surface area contributed by atoms with Gasteiger partial charge >= 0.3 is 0 Å². The lowest BCUT2D eigenvalue weighted by Crippen LogP contribution is -2.41. The van der Waals surface area contributed by atoms with Crippen LogP contribution in [0.4, 0.5) is 0 Å². The average Bonchev–Trinajstić information content (AvgIpc) is 2.84. The summed E-state index contributed by atoms with van der Waals surface area (Å²) in [6, 6.07) is 2.77. The van der Waals surface area contributed by atoms with Crippen molar-refractivity contribution in [1.82, 2.24) is 24.6 Å². The van der Waals surface area contributed by atoms with Crippen LogP contribution >= 0.6 is 0 Å². The van der Waals surface area contributed by atoms with Crippen molar-refractivity contribution >= 4 is 5.91 Å². The molecule has 7 nitrogen and oxygen atoms in total. The number of nitrogens with one attached hydrogen (secondary N) is 1. The quantitative estimate of drug-likeness (QED) is 0.920. The van der Waals surface area contributed by atoms with Crippen molar-refractivity contribution in [1.29, 1.82) is 0 Å². The van der Waals surface area contributed by atoms with Crippen LogP contribution in [-0.2, 0) is 6.54 Å². The molecule has 7 heteroatoms.